The van der Waals surface area contributed by atoms with Crippen LogP contribution in [0.2, 0.25) is 0 Å². The number of benzene rings is 1. The lowest BCUT2D eigenvalue weighted by atomic mass is 10.1. The number of hydrazine groups is 1. The van der Waals surface area contributed by atoms with E-state index in [-0.39, 0.29) is 17.7 Å². The van der Waals surface area contributed by atoms with Crippen LogP contribution in [0.5, 0.6) is 0 Å². The number of pyridine rings is 1. The van der Waals surface area contributed by atoms with E-state index in [1.807, 2.05) is 30.3 Å². The fourth-order valence-electron chi connectivity index (χ4n) is 2.84. The highest BCUT2D eigenvalue weighted by Gasteiger charge is 2.39. The summed E-state index contributed by atoms with van der Waals surface area (Å²) in [5, 5.41) is 0. The third-order valence-electron chi connectivity index (χ3n) is 4.54. The second-order valence-corrected chi connectivity index (χ2v) is 7.64. The first kappa shape index (κ1) is 24.3. The molecule has 13 heteroatoms. The average Bonchev–Trinajstić information content (AvgIpc) is 2.82. The molecule has 0 saturated carbocycles. The Morgan fingerprint density at radius 3 is 2.55 bits per heavy atom. The van der Waals surface area contributed by atoms with Crippen LogP contribution >= 0.6 is 11.9 Å². The number of nitrogens with zero attached hydrogens (tertiary/aromatic N) is 2. The average molecular weight is 483 g/mol. The smallest absolute Gasteiger partial charge is 0.370 e. The van der Waals surface area contributed by atoms with Gasteiger partial charge in [-0.2, -0.15) is 13.2 Å². The summed E-state index contributed by atoms with van der Waals surface area (Å²) in [5.74, 6) is -2.94. The number of ether oxygens (including phenoxy) is 1. The fourth-order valence-corrected chi connectivity index (χ4v) is 3.48. The third-order valence-corrected chi connectivity index (χ3v) is 5.30. The van der Waals surface area contributed by atoms with Gasteiger partial charge in [-0.15, -0.1) is 0 Å². The fraction of sp³-hybridized carbons (Fsp3) is 0.300. The Morgan fingerprint density at radius 2 is 1.88 bits per heavy atom. The molecule has 1 aromatic heterocycles. The van der Waals surface area contributed by atoms with Crippen molar-refractivity contribution in [2.75, 3.05) is 19.7 Å². The SMILES string of the molecule is O=C(NNC(=O)C(F)(F)F)c1ccc(CSNC(=O)N2CCOC(c3ccccc3)C2)nc1. The molecule has 2 heterocycles. The molecule has 1 aliphatic heterocycles. The summed E-state index contributed by atoms with van der Waals surface area (Å²) >= 11 is 1.11. The van der Waals surface area contributed by atoms with Gasteiger partial charge >= 0.3 is 18.1 Å². The molecule has 1 saturated heterocycles. The summed E-state index contributed by atoms with van der Waals surface area (Å²) in [7, 11) is 0. The number of hydrogen-bond acceptors (Lipinski definition) is 6. The van der Waals surface area contributed by atoms with E-state index in [0.717, 1.165) is 23.7 Å². The van der Waals surface area contributed by atoms with Crippen LogP contribution in [0.1, 0.15) is 27.7 Å². The quantitative estimate of drug-likeness (QED) is 0.445. The highest BCUT2D eigenvalue weighted by atomic mass is 32.2. The van der Waals surface area contributed by atoms with Gasteiger partial charge in [-0.05, 0) is 29.6 Å². The van der Waals surface area contributed by atoms with Crippen LogP contribution < -0.4 is 15.6 Å². The molecule has 4 amide bonds. The number of carbonyl (C=O) groups excluding carboxylic acids is 3. The molecule has 1 aromatic carbocycles. The maximum absolute atomic E-state index is 12.5. The lowest BCUT2D eigenvalue weighted by Crippen LogP contribution is -2.47. The second kappa shape index (κ2) is 11.0. The summed E-state index contributed by atoms with van der Waals surface area (Å²) in [4.78, 5) is 40.7. The number of aromatic nitrogens is 1. The molecule has 1 aliphatic rings. The normalized spacial score (nSPS) is 16.1. The molecule has 3 rings (SSSR count). The maximum atomic E-state index is 12.5. The Labute approximate surface area is 191 Å². The number of rotatable bonds is 5. The van der Waals surface area contributed by atoms with Crippen LogP contribution in [0.15, 0.2) is 48.7 Å². The first-order valence-electron chi connectivity index (χ1n) is 9.69. The number of alkyl halides is 3. The van der Waals surface area contributed by atoms with Gasteiger partial charge in [-0.3, -0.25) is 30.1 Å². The number of amides is 4. The Morgan fingerprint density at radius 1 is 1.12 bits per heavy atom. The molecule has 1 unspecified atom stereocenters. The number of halogens is 3. The number of hydrogen-bond donors (Lipinski definition) is 3. The molecule has 0 bridgehead atoms. The Hall–Kier alpha value is -3.32. The highest BCUT2D eigenvalue weighted by Crippen LogP contribution is 2.22. The molecule has 2 aromatic rings. The molecule has 1 fully saturated rings. The number of morpholine rings is 1. The topological polar surface area (TPSA) is 113 Å². The van der Waals surface area contributed by atoms with E-state index in [1.54, 1.807) is 10.3 Å². The van der Waals surface area contributed by atoms with E-state index in [0.29, 0.717) is 31.1 Å². The van der Waals surface area contributed by atoms with Crippen molar-refractivity contribution in [1.29, 1.82) is 0 Å². The zero-order chi connectivity index (χ0) is 23.8. The largest absolute Gasteiger partial charge is 0.472 e. The van der Waals surface area contributed by atoms with Crippen LogP contribution in [0.4, 0.5) is 18.0 Å². The van der Waals surface area contributed by atoms with E-state index < -0.39 is 18.0 Å². The van der Waals surface area contributed by atoms with Crippen LogP contribution in [-0.2, 0) is 15.3 Å². The summed E-state index contributed by atoms with van der Waals surface area (Å²) in [6.45, 7) is 1.30. The molecular formula is C20H20F3N5O4S. The molecule has 9 nitrogen and oxygen atoms in total. The van der Waals surface area contributed by atoms with E-state index in [9.17, 15) is 27.6 Å². The maximum Gasteiger partial charge on any atom is 0.472 e. The Kier molecular flexibility index (Phi) is 8.11. The zero-order valence-corrected chi connectivity index (χ0v) is 17.9. The summed E-state index contributed by atoms with van der Waals surface area (Å²) < 4.78 is 44.9. The molecular weight excluding hydrogens is 463 g/mol. The Balaban J connectivity index is 1.42. The monoisotopic (exact) mass is 483 g/mol. The van der Waals surface area contributed by atoms with Gasteiger partial charge in [0.2, 0.25) is 0 Å². The molecule has 0 spiro atoms. The van der Waals surface area contributed by atoms with Crippen molar-refractivity contribution in [3.05, 3.63) is 65.5 Å². The van der Waals surface area contributed by atoms with Gasteiger partial charge in [0.15, 0.2) is 0 Å². The van der Waals surface area contributed by atoms with E-state index in [2.05, 4.69) is 9.71 Å². The lowest BCUT2D eigenvalue weighted by Gasteiger charge is -2.33. The molecule has 3 N–H and O–H groups in total. The molecule has 176 valence electrons. The van der Waals surface area contributed by atoms with Crippen LogP contribution in [0, 0.1) is 0 Å². The van der Waals surface area contributed by atoms with Crippen molar-refractivity contribution >= 4 is 29.8 Å². The van der Waals surface area contributed by atoms with Crippen LogP contribution in [-0.4, -0.2) is 53.6 Å². The molecule has 0 radical (unpaired) electrons. The molecule has 1 atom stereocenters. The predicted octanol–water partition coefficient (Wildman–Crippen LogP) is 2.34. The van der Waals surface area contributed by atoms with E-state index in [4.69, 9.17) is 4.74 Å². The first-order valence-corrected chi connectivity index (χ1v) is 10.7. The van der Waals surface area contributed by atoms with Gasteiger partial charge in [-0.1, -0.05) is 30.3 Å². The Bertz CT molecular complexity index is 976. The van der Waals surface area contributed by atoms with Crippen molar-refractivity contribution in [2.45, 2.75) is 18.0 Å². The van der Waals surface area contributed by atoms with Crippen molar-refractivity contribution in [2.24, 2.45) is 0 Å². The van der Waals surface area contributed by atoms with Gasteiger partial charge in [0.1, 0.15) is 6.10 Å². The summed E-state index contributed by atoms with van der Waals surface area (Å²) in [6.07, 6.45) is -4.16. The minimum absolute atomic E-state index is 0.0458. The third kappa shape index (κ3) is 7.08. The van der Waals surface area contributed by atoms with Crippen molar-refractivity contribution in [3.63, 3.8) is 0 Å². The number of urea groups is 1. The van der Waals surface area contributed by atoms with Crippen LogP contribution in [0.25, 0.3) is 0 Å². The van der Waals surface area contributed by atoms with E-state index in [1.165, 1.54) is 17.6 Å². The van der Waals surface area contributed by atoms with Crippen molar-refractivity contribution in [3.8, 4) is 0 Å². The number of nitrogens with one attached hydrogen (secondary N) is 3. The lowest BCUT2D eigenvalue weighted by molar-refractivity contribution is -0.174. The molecule has 0 aliphatic carbocycles. The summed E-state index contributed by atoms with van der Waals surface area (Å²) in [6, 6.07) is 12.2. The van der Waals surface area contributed by atoms with Gasteiger partial charge in [0.25, 0.3) is 5.91 Å². The van der Waals surface area contributed by atoms with Crippen molar-refractivity contribution < 1.29 is 32.3 Å². The second-order valence-electron chi connectivity index (χ2n) is 6.86. The standard InChI is InChI=1S/C20H20F3N5O4S/c21-20(22,23)18(30)26-25-17(29)14-6-7-15(24-10-14)12-33-27-19(31)28-8-9-32-16(11-28)13-4-2-1-3-5-13/h1-7,10,16H,8-9,11-12H2,(H,25,29)(H,26,30)(H,27,31). The van der Waals surface area contributed by atoms with Gasteiger partial charge < -0.3 is 9.64 Å². The van der Waals surface area contributed by atoms with Crippen molar-refractivity contribution in [1.82, 2.24) is 25.5 Å². The summed E-state index contributed by atoms with van der Waals surface area (Å²) in [5.41, 5.74) is 4.41. The highest BCUT2D eigenvalue weighted by molar-refractivity contribution is 7.97. The van der Waals surface area contributed by atoms with E-state index >= 15 is 0 Å². The first-order chi connectivity index (χ1) is 15.7. The van der Waals surface area contributed by atoms with Gasteiger partial charge in [0, 0.05) is 12.7 Å². The zero-order valence-electron chi connectivity index (χ0n) is 17.1. The van der Waals surface area contributed by atoms with Crippen LogP contribution in [0.3, 0.4) is 0 Å². The van der Waals surface area contributed by atoms with Gasteiger partial charge in [-0.25, -0.2) is 4.79 Å². The van der Waals surface area contributed by atoms with Gasteiger partial charge in [0.05, 0.1) is 30.2 Å². The predicted molar refractivity (Wildman–Crippen MR) is 112 cm³/mol. The molecule has 33 heavy (non-hydrogen) atoms. The number of carbonyl (C=O) groups is 3. The minimum Gasteiger partial charge on any atom is -0.370 e. The minimum atomic E-state index is -5.11.